The van der Waals surface area contributed by atoms with Gasteiger partial charge < -0.3 is 48.9 Å². The third kappa shape index (κ3) is 10.0. The number of benzene rings is 1. The first-order valence-electron chi connectivity index (χ1n) is 22.1. The number of amides is 1. The largest absolute Gasteiger partial charge is 0.458 e. The van der Waals surface area contributed by atoms with Crippen LogP contribution in [0.2, 0.25) is 0 Å². The van der Waals surface area contributed by atoms with Crippen LogP contribution in [-0.2, 0) is 44.6 Å². The van der Waals surface area contributed by atoms with E-state index in [0.29, 0.717) is 44.6 Å². The second-order valence-corrected chi connectivity index (χ2v) is 18.3. The number of methoxy groups -OCH3 is 1. The fourth-order valence-corrected chi connectivity index (χ4v) is 9.88. The van der Waals surface area contributed by atoms with Crippen molar-refractivity contribution in [3.05, 3.63) is 36.3 Å². The van der Waals surface area contributed by atoms with Crippen LogP contribution in [0, 0.1) is 30.6 Å². The first-order chi connectivity index (χ1) is 28.7. The molecule has 3 aliphatic heterocycles. The fraction of sp³-hybridized carbons (Fsp3) is 0.717. The summed E-state index contributed by atoms with van der Waals surface area (Å²) in [5.41, 5.74) is 6.90. The zero-order valence-electron chi connectivity index (χ0n) is 38.4. The van der Waals surface area contributed by atoms with Gasteiger partial charge in [-0.3, -0.25) is 14.4 Å². The first kappa shape index (κ1) is 48.1. The number of nitrogen functional groups attached to an aromatic ring is 1. The average molecular weight is 854 g/mol. The molecule has 1 aromatic carbocycles. The molecular formula is C46H71N5O10. The Kier molecular flexibility index (Phi) is 15.5. The number of likely N-dealkylation sites (N-methyl/N-ethyl adjacent to an activating group) is 1. The summed E-state index contributed by atoms with van der Waals surface area (Å²) in [5, 5.41) is 11.6. The van der Waals surface area contributed by atoms with Gasteiger partial charge in [-0.2, -0.15) is 0 Å². The van der Waals surface area contributed by atoms with Crippen LogP contribution in [0.15, 0.2) is 30.7 Å². The topological polar surface area (TPSA) is 185 Å². The van der Waals surface area contributed by atoms with Crippen molar-refractivity contribution < 1.29 is 48.0 Å². The molecule has 3 N–H and O–H groups in total. The van der Waals surface area contributed by atoms with Gasteiger partial charge in [0.25, 0.3) is 0 Å². The number of aryl methyl sites for hydroxylation is 2. The molecule has 1 amide bonds. The number of nitrogens with zero attached hydrogens (tertiary/aromatic N) is 4. The van der Waals surface area contributed by atoms with E-state index in [0.717, 1.165) is 16.8 Å². The summed E-state index contributed by atoms with van der Waals surface area (Å²) < 4.78 is 33.4. The van der Waals surface area contributed by atoms with E-state index in [2.05, 4.69) is 4.98 Å². The Morgan fingerprint density at radius 3 is 2.34 bits per heavy atom. The molecule has 3 saturated heterocycles. The Hall–Kier alpha value is -3.89. The molecule has 0 radical (unpaired) electrons. The minimum absolute atomic E-state index is 0.127. The van der Waals surface area contributed by atoms with Crippen LogP contribution in [0.4, 0.5) is 10.5 Å². The molecule has 15 heteroatoms. The molecule has 0 aliphatic carbocycles. The van der Waals surface area contributed by atoms with Crippen LogP contribution in [0.5, 0.6) is 0 Å². The number of fused-ring (bicyclic) bond motifs is 1. The van der Waals surface area contributed by atoms with Crippen molar-refractivity contribution in [1.29, 1.82) is 0 Å². The van der Waals surface area contributed by atoms with E-state index in [1.807, 2.05) is 75.5 Å². The van der Waals surface area contributed by atoms with Crippen LogP contribution >= 0.6 is 0 Å². The number of unbranched alkanes of at least 4 members (excludes halogenated alkanes) is 1. The van der Waals surface area contributed by atoms with Gasteiger partial charge in [-0.1, -0.05) is 46.8 Å². The number of hydrogen-bond donors (Lipinski definition) is 2. The number of anilines is 1. The standard InChI is InChI=1S/C46H71N5O10/c1-13-36-46(10)40(51(44(56)61-46)20-16-15-19-50-24-34(48-25-50)32-18-17-26(3)33(47)22-32)29(6)37(52)27(4)23-45(9,57-12)41(30(7)38(53)31(8)42(55)59-36)60-43-39(54)35(49(11)14-2)21-28(5)58-43/h17-18,22,24-25,27-31,35-36,39-41,43,54H,13-16,19-21,23,47H2,1-12H3/t27-,28-,29+,30+,31-,35+,36-,39-,40+,41-,43+,45-,46-/m1/s1. The number of aromatic nitrogens is 2. The van der Waals surface area contributed by atoms with Gasteiger partial charge >= 0.3 is 12.1 Å². The molecule has 15 nitrogen and oxygen atoms in total. The second-order valence-electron chi connectivity index (χ2n) is 18.3. The normalized spacial score (nSPS) is 35.5. The molecule has 13 atom stereocenters. The quantitative estimate of drug-likeness (QED) is 0.113. The summed E-state index contributed by atoms with van der Waals surface area (Å²) >= 11 is 0. The van der Waals surface area contributed by atoms with Gasteiger partial charge in [-0.25, -0.2) is 9.78 Å². The van der Waals surface area contributed by atoms with Crippen molar-refractivity contribution in [3.8, 4) is 11.3 Å². The molecule has 0 unspecified atom stereocenters. The molecule has 0 saturated carbocycles. The summed E-state index contributed by atoms with van der Waals surface area (Å²) in [6, 6.07) is 4.81. The zero-order valence-corrected chi connectivity index (χ0v) is 38.4. The highest BCUT2D eigenvalue weighted by molar-refractivity contribution is 6.00. The van der Waals surface area contributed by atoms with Gasteiger partial charge in [0, 0.05) is 61.4 Å². The van der Waals surface area contributed by atoms with E-state index in [4.69, 9.17) is 29.4 Å². The van der Waals surface area contributed by atoms with E-state index in [1.165, 1.54) is 14.0 Å². The van der Waals surface area contributed by atoms with Crippen LogP contribution < -0.4 is 5.73 Å². The summed E-state index contributed by atoms with van der Waals surface area (Å²) in [4.78, 5) is 65.3. The first-order valence-corrected chi connectivity index (χ1v) is 22.1. The van der Waals surface area contributed by atoms with Crippen molar-refractivity contribution in [1.82, 2.24) is 19.4 Å². The number of aliphatic hydroxyl groups is 1. The molecule has 340 valence electrons. The Morgan fingerprint density at radius 2 is 1.70 bits per heavy atom. The molecule has 61 heavy (non-hydrogen) atoms. The highest BCUT2D eigenvalue weighted by Gasteiger charge is 2.60. The molecular weight excluding hydrogens is 783 g/mol. The smallest absolute Gasteiger partial charge is 0.410 e. The molecule has 4 heterocycles. The van der Waals surface area contributed by atoms with Gasteiger partial charge in [-0.15, -0.1) is 0 Å². The third-order valence-electron chi connectivity index (χ3n) is 13.8. The number of imidazole rings is 1. The number of ether oxygens (including phenoxy) is 5. The van der Waals surface area contributed by atoms with Crippen molar-refractivity contribution in [2.24, 2.45) is 23.7 Å². The predicted molar refractivity (Wildman–Crippen MR) is 230 cm³/mol. The summed E-state index contributed by atoms with van der Waals surface area (Å²) in [5.74, 6) is -4.97. The number of ketones is 2. The Morgan fingerprint density at radius 1 is 1.02 bits per heavy atom. The minimum atomic E-state index is -1.41. The van der Waals surface area contributed by atoms with Crippen LogP contribution in [0.3, 0.4) is 0 Å². The van der Waals surface area contributed by atoms with Gasteiger partial charge in [0.15, 0.2) is 17.7 Å². The maximum absolute atomic E-state index is 14.8. The van der Waals surface area contributed by atoms with Gasteiger partial charge in [-0.05, 0) is 91.9 Å². The predicted octanol–water partition coefficient (Wildman–Crippen LogP) is 5.81. The maximum atomic E-state index is 14.8. The number of nitrogens with two attached hydrogens (primary N) is 1. The van der Waals surface area contributed by atoms with E-state index in [-0.39, 0.29) is 30.8 Å². The average Bonchev–Trinajstić information content (AvgIpc) is 3.81. The molecule has 5 rings (SSSR count). The van der Waals surface area contributed by atoms with Crippen molar-refractivity contribution in [2.45, 2.75) is 162 Å². The number of rotatable bonds is 12. The molecule has 2 aromatic rings. The third-order valence-corrected chi connectivity index (χ3v) is 13.8. The van der Waals surface area contributed by atoms with Gasteiger partial charge in [0.05, 0.1) is 35.9 Å². The lowest BCUT2D eigenvalue weighted by Gasteiger charge is -2.47. The van der Waals surface area contributed by atoms with Crippen molar-refractivity contribution >= 4 is 29.3 Å². The second kappa shape index (κ2) is 19.7. The summed E-state index contributed by atoms with van der Waals surface area (Å²) in [6.07, 6.45) is 0.956. The van der Waals surface area contributed by atoms with E-state index in [1.54, 1.807) is 38.9 Å². The minimum Gasteiger partial charge on any atom is -0.458 e. The number of esters is 1. The van der Waals surface area contributed by atoms with E-state index >= 15 is 0 Å². The van der Waals surface area contributed by atoms with E-state index in [9.17, 15) is 24.3 Å². The van der Waals surface area contributed by atoms with Gasteiger partial charge in [0.1, 0.15) is 23.9 Å². The zero-order chi connectivity index (χ0) is 45.1. The molecule has 0 bridgehead atoms. The van der Waals surface area contributed by atoms with Crippen molar-refractivity contribution in [3.63, 3.8) is 0 Å². The molecule has 3 fully saturated rings. The van der Waals surface area contributed by atoms with Gasteiger partial charge in [0.2, 0.25) is 0 Å². The lowest BCUT2D eigenvalue weighted by molar-refractivity contribution is -0.296. The molecule has 0 spiro atoms. The number of cyclic esters (lactones) is 1. The number of carbonyl (C=O) groups excluding carboxylic acids is 4. The summed E-state index contributed by atoms with van der Waals surface area (Å²) in [7, 11) is 3.43. The summed E-state index contributed by atoms with van der Waals surface area (Å²) in [6.45, 7) is 19.6. The highest BCUT2D eigenvalue weighted by Crippen LogP contribution is 2.43. The number of hydrogen-bond acceptors (Lipinski definition) is 13. The van der Waals surface area contributed by atoms with Crippen molar-refractivity contribution in [2.75, 3.05) is 33.0 Å². The number of Topliss-reactive ketones (excluding diaryl/α,β-unsaturated/α-hetero) is 2. The van der Waals surface area contributed by atoms with Crippen LogP contribution in [0.25, 0.3) is 11.3 Å². The van der Waals surface area contributed by atoms with E-state index < -0.39 is 83.4 Å². The fourth-order valence-electron chi connectivity index (χ4n) is 9.88. The molecule has 1 aromatic heterocycles. The Labute approximate surface area is 361 Å². The molecule has 3 aliphatic rings. The monoisotopic (exact) mass is 854 g/mol. The highest BCUT2D eigenvalue weighted by atomic mass is 16.7. The number of aliphatic hydroxyl groups excluding tert-OH is 1. The van der Waals surface area contributed by atoms with Crippen LogP contribution in [-0.4, -0.2) is 129 Å². The Bertz CT molecular complexity index is 1870. The number of carbonyl (C=O) groups is 4. The maximum Gasteiger partial charge on any atom is 0.410 e. The lowest BCUT2D eigenvalue weighted by atomic mass is 9.73. The van der Waals surface area contributed by atoms with Crippen LogP contribution in [0.1, 0.15) is 100.0 Å². The lowest BCUT2D eigenvalue weighted by Crippen LogP contribution is -2.60. The Balaban J connectivity index is 1.42. The SMILES string of the molecule is CC[C@H]1OC(=O)[C@H](C)C(=O)[C@H](C)[C@@H](O[C@@H]2O[C@H](C)C[C@H](N(C)CC)[C@H]2O)[C@](C)(OC)C[C@@H](C)C(=O)[C@H](C)[C@@H]2N(CCCCn3cnc(-c4ccc(C)c(N)c4)c3)C(=O)O[C@@]21C.